The van der Waals surface area contributed by atoms with Gasteiger partial charge in [0, 0.05) is 38.7 Å². The molecule has 6 heteroatoms. The third-order valence-corrected chi connectivity index (χ3v) is 3.86. The maximum absolute atomic E-state index is 13.9. The first kappa shape index (κ1) is 16.8. The van der Waals surface area contributed by atoms with Crippen molar-refractivity contribution in [3.8, 4) is 17.9 Å². The predicted molar refractivity (Wildman–Crippen MR) is 91.8 cm³/mol. The van der Waals surface area contributed by atoms with Crippen LogP contribution in [0.25, 0.3) is 0 Å². The van der Waals surface area contributed by atoms with Gasteiger partial charge in [-0.15, -0.1) is 0 Å². The van der Waals surface area contributed by atoms with E-state index in [1.807, 2.05) is 6.07 Å². The second-order valence-electron chi connectivity index (χ2n) is 5.58. The van der Waals surface area contributed by atoms with Gasteiger partial charge in [-0.25, -0.2) is 4.39 Å². The third kappa shape index (κ3) is 4.51. The third-order valence-electron chi connectivity index (χ3n) is 3.86. The van der Waals surface area contributed by atoms with Gasteiger partial charge in [-0.05, 0) is 6.08 Å². The van der Waals surface area contributed by atoms with Gasteiger partial charge < -0.3 is 15.0 Å². The normalized spacial score (nSPS) is 23.8. The van der Waals surface area contributed by atoms with E-state index in [1.54, 1.807) is 6.08 Å². The van der Waals surface area contributed by atoms with Crippen LogP contribution in [0.5, 0.6) is 0 Å². The molecule has 0 amide bonds. The Morgan fingerprint density at radius 3 is 2.92 bits per heavy atom. The van der Waals surface area contributed by atoms with Gasteiger partial charge in [-0.2, -0.15) is 10.3 Å². The summed E-state index contributed by atoms with van der Waals surface area (Å²) in [6, 6.07) is 1.83. The lowest BCUT2D eigenvalue weighted by Crippen LogP contribution is -2.46. The number of nitriles is 1. The number of amidine groups is 1. The summed E-state index contributed by atoms with van der Waals surface area (Å²) >= 11 is 0. The van der Waals surface area contributed by atoms with Gasteiger partial charge in [-0.1, -0.05) is 23.3 Å². The van der Waals surface area contributed by atoms with Gasteiger partial charge in [0.25, 0.3) is 0 Å². The van der Waals surface area contributed by atoms with Crippen LogP contribution in [0.2, 0.25) is 0 Å². The Bertz CT molecular complexity index is 844. The highest BCUT2D eigenvalue weighted by Gasteiger charge is 2.16. The minimum absolute atomic E-state index is 0.0222. The molecule has 0 saturated carbocycles. The monoisotopic (exact) mass is 336 g/mol. The highest BCUT2D eigenvalue weighted by molar-refractivity contribution is 5.85. The largest absolute Gasteiger partial charge is 0.472 e. The number of nitrogens with zero attached hydrogens (tertiary/aromatic N) is 3. The molecule has 0 aromatic carbocycles. The highest BCUT2D eigenvalue weighted by Crippen LogP contribution is 2.18. The zero-order valence-corrected chi connectivity index (χ0v) is 13.7. The van der Waals surface area contributed by atoms with E-state index in [-0.39, 0.29) is 17.8 Å². The first-order valence-electron chi connectivity index (χ1n) is 8.10. The van der Waals surface area contributed by atoms with E-state index in [9.17, 15) is 4.39 Å². The number of piperazine rings is 1. The van der Waals surface area contributed by atoms with E-state index in [4.69, 9.17) is 10.00 Å². The number of hydrogen-bond acceptors (Lipinski definition) is 5. The summed E-state index contributed by atoms with van der Waals surface area (Å²) in [5.74, 6) is 6.93. The Kier molecular flexibility index (Phi) is 5.52. The number of aliphatic imine (C=N–C) groups is 1. The van der Waals surface area contributed by atoms with Gasteiger partial charge in [0.1, 0.15) is 29.9 Å². The molecule has 0 aromatic heterocycles. The Hall–Kier alpha value is -3.01. The molecule has 1 N–H and O–H groups in total. The van der Waals surface area contributed by atoms with Crippen molar-refractivity contribution in [1.29, 1.82) is 5.26 Å². The molecular weight excluding hydrogens is 319 g/mol. The summed E-state index contributed by atoms with van der Waals surface area (Å²) in [5, 5.41) is 12.1. The number of nitrogens with one attached hydrogen (secondary N) is 1. The fourth-order valence-electron chi connectivity index (χ4n) is 2.52. The van der Waals surface area contributed by atoms with E-state index >= 15 is 0 Å². The van der Waals surface area contributed by atoms with Gasteiger partial charge >= 0.3 is 0 Å². The van der Waals surface area contributed by atoms with Crippen LogP contribution in [0.1, 0.15) is 12.8 Å². The molecule has 0 bridgehead atoms. The molecule has 0 atom stereocenters. The van der Waals surface area contributed by atoms with Crippen LogP contribution >= 0.6 is 0 Å². The molecule has 0 unspecified atom stereocenters. The molecule has 0 aromatic rings. The van der Waals surface area contributed by atoms with Crippen LogP contribution < -0.4 is 5.32 Å². The number of rotatable bonds is 3. The summed E-state index contributed by atoms with van der Waals surface area (Å²) in [4.78, 5) is 6.78. The predicted octanol–water partition coefficient (Wildman–Crippen LogP) is 1.94. The lowest BCUT2D eigenvalue weighted by Gasteiger charge is -2.30. The van der Waals surface area contributed by atoms with Crippen molar-refractivity contribution in [3.63, 3.8) is 0 Å². The molecule has 25 heavy (non-hydrogen) atoms. The fourth-order valence-corrected chi connectivity index (χ4v) is 2.52. The first-order chi connectivity index (χ1) is 12.3. The maximum atomic E-state index is 13.9. The Morgan fingerprint density at radius 2 is 2.16 bits per heavy atom. The van der Waals surface area contributed by atoms with Crippen LogP contribution in [0.3, 0.4) is 0 Å². The van der Waals surface area contributed by atoms with Crippen molar-refractivity contribution in [2.75, 3.05) is 32.8 Å². The Morgan fingerprint density at radius 1 is 1.32 bits per heavy atom. The van der Waals surface area contributed by atoms with Crippen LogP contribution in [0, 0.1) is 23.2 Å². The van der Waals surface area contributed by atoms with Gasteiger partial charge in [-0.3, -0.25) is 0 Å². The lowest BCUT2D eigenvalue weighted by molar-refractivity contribution is 0.233. The summed E-state index contributed by atoms with van der Waals surface area (Å²) in [7, 11) is 0. The molecule has 2 heterocycles. The smallest absolute Gasteiger partial charge is 0.212 e. The zero-order valence-electron chi connectivity index (χ0n) is 13.7. The van der Waals surface area contributed by atoms with Gasteiger partial charge in [0.2, 0.25) is 5.88 Å². The van der Waals surface area contributed by atoms with Crippen molar-refractivity contribution in [1.82, 2.24) is 10.2 Å². The van der Waals surface area contributed by atoms with Crippen molar-refractivity contribution in [2.45, 2.75) is 12.8 Å². The molecule has 1 saturated heterocycles. The number of hydrogen-bond donors (Lipinski definition) is 1. The second kappa shape index (κ2) is 8.20. The summed E-state index contributed by atoms with van der Waals surface area (Å²) in [6.45, 7) is 3.55. The molecule has 5 nitrogen and oxygen atoms in total. The standard InChI is InChI=1S/C19H17FN4O/c20-17-12-15(13-21)6-7-16(17)14-25-19-5-3-1-2-4-18(23-19)24-10-8-22-9-11-24/h5,12,22H,3-4,8-11,14H2/b19-5+,23-18+. The second-order valence-corrected chi connectivity index (χ2v) is 5.58. The van der Waals surface area contributed by atoms with Crippen molar-refractivity contribution in [2.24, 2.45) is 4.99 Å². The molecule has 1 aliphatic carbocycles. The molecular formula is C19H17FN4O. The topological polar surface area (TPSA) is 60.6 Å². The van der Waals surface area contributed by atoms with Gasteiger partial charge in [0.05, 0.1) is 12.0 Å². The van der Waals surface area contributed by atoms with E-state index in [0.29, 0.717) is 18.7 Å². The molecule has 126 valence electrons. The Labute approximate surface area is 146 Å². The molecule has 1 fully saturated rings. The zero-order chi connectivity index (χ0) is 17.5. The van der Waals surface area contributed by atoms with E-state index in [2.05, 4.69) is 38.5 Å². The molecule has 3 aliphatic rings. The summed E-state index contributed by atoms with van der Waals surface area (Å²) in [6.07, 6.45) is 4.04. The lowest BCUT2D eigenvalue weighted by atomic mass is 10.1. The van der Waals surface area contributed by atoms with E-state index < -0.39 is 5.83 Å². The van der Waals surface area contributed by atoms with Crippen LogP contribution in [0.15, 0.2) is 51.5 Å². The average Bonchev–Trinajstić information content (AvgIpc) is 2.62. The molecule has 3 rings (SSSR count). The van der Waals surface area contributed by atoms with Crippen molar-refractivity contribution < 1.29 is 9.13 Å². The van der Waals surface area contributed by atoms with Crippen LogP contribution in [0.4, 0.5) is 4.39 Å². The van der Waals surface area contributed by atoms with E-state index in [0.717, 1.165) is 38.1 Å². The van der Waals surface area contributed by atoms with E-state index in [1.165, 1.54) is 0 Å². The fraction of sp³-hybridized carbons (Fsp3) is 0.368. The summed E-state index contributed by atoms with van der Waals surface area (Å²) < 4.78 is 19.6. The molecule has 2 aliphatic heterocycles. The highest BCUT2D eigenvalue weighted by atomic mass is 19.1. The van der Waals surface area contributed by atoms with Gasteiger partial charge in [0.15, 0.2) is 0 Å². The minimum Gasteiger partial charge on any atom is -0.472 e. The minimum atomic E-state index is -0.534. The molecule has 0 radical (unpaired) electrons. The van der Waals surface area contributed by atoms with Crippen molar-refractivity contribution in [3.05, 3.63) is 46.5 Å². The number of allylic oxidation sites excluding steroid dienone is 3. The quantitative estimate of drug-likeness (QED) is 0.632. The SMILES string of the molecule is N#CC1=C=C=C(COC2=C/CC#CC/C(N3CCNCC3)=N\2)C(F)=C1. The number of ether oxygens (including phenoxy) is 1. The van der Waals surface area contributed by atoms with Crippen molar-refractivity contribution >= 4 is 5.84 Å². The summed E-state index contributed by atoms with van der Waals surface area (Å²) in [5.41, 5.74) is 5.55. The first-order valence-corrected chi connectivity index (χ1v) is 8.10. The van der Waals surface area contributed by atoms with Crippen LogP contribution in [-0.4, -0.2) is 43.5 Å². The number of halogens is 1. The molecule has 0 spiro atoms. The average molecular weight is 336 g/mol. The maximum Gasteiger partial charge on any atom is 0.212 e. The Balaban J connectivity index is 1.74. The van der Waals surface area contributed by atoms with Crippen LogP contribution in [-0.2, 0) is 4.74 Å².